The zero-order valence-corrected chi connectivity index (χ0v) is 7.24. The van der Waals surface area contributed by atoms with E-state index in [-0.39, 0.29) is 0 Å². The van der Waals surface area contributed by atoms with E-state index >= 15 is 0 Å². The van der Waals surface area contributed by atoms with Crippen LogP contribution in [0.25, 0.3) is 0 Å². The second-order valence-electron chi connectivity index (χ2n) is 1.24. The summed E-state index contributed by atoms with van der Waals surface area (Å²) in [5, 5.41) is 0.688. The molecule has 9 heavy (non-hydrogen) atoms. The molecule has 0 unspecified atom stereocenters. The van der Waals surface area contributed by atoms with Crippen molar-refractivity contribution in [3.63, 3.8) is 0 Å². The maximum absolute atomic E-state index is 5.08. The van der Waals surface area contributed by atoms with E-state index in [1.807, 2.05) is 6.92 Å². The van der Waals surface area contributed by atoms with Crippen molar-refractivity contribution >= 4 is 32.9 Å². The molecule has 0 N–H and O–H groups in total. The second kappa shape index (κ2) is 3.24. The fourth-order valence-corrected chi connectivity index (χ4v) is 2.22. The standard InChI is InChI=1S/C4H5NOS3/c1-2-6-3-5-4(7)9-8-3/h2H2,1H3. The Kier molecular flexibility index (Phi) is 2.56. The Morgan fingerprint density at radius 1 is 1.67 bits per heavy atom. The lowest BCUT2D eigenvalue weighted by atomic mass is 10.9. The molecule has 2 nitrogen and oxygen atoms in total. The monoisotopic (exact) mass is 179 g/mol. The number of ether oxygens (including phenoxy) is 1. The third-order valence-electron chi connectivity index (χ3n) is 0.635. The smallest absolute Gasteiger partial charge is 0.285 e. The van der Waals surface area contributed by atoms with Crippen LogP contribution in [0.1, 0.15) is 6.92 Å². The fourth-order valence-electron chi connectivity index (χ4n) is 0.363. The minimum absolute atomic E-state index is 0.656. The molecule has 0 radical (unpaired) electrons. The Morgan fingerprint density at radius 3 is 2.89 bits per heavy atom. The molecule has 0 spiro atoms. The molecule has 0 aromatic carbocycles. The lowest BCUT2D eigenvalue weighted by Crippen LogP contribution is -1.88. The van der Waals surface area contributed by atoms with Gasteiger partial charge in [-0.2, -0.15) is 4.98 Å². The Morgan fingerprint density at radius 2 is 2.44 bits per heavy atom. The summed E-state index contributed by atoms with van der Waals surface area (Å²) in [5.74, 6) is 0. The molecular weight excluding hydrogens is 174 g/mol. The van der Waals surface area contributed by atoms with Gasteiger partial charge in [0.15, 0.2) is 3.95 Å². The number of nitrogens with zero attached hydrogens (tertiary/aromatic N) is 1. The highest BCUT2D eigenvalue weighted by Crippen LogP contribution is 2.20. The van der Waals surface area contributed by atoms with Crippen molar-refractivity contribution in [2.45, 2.75) is 6.92 Å². The van der Waals surface area contributed by atoms with Gasteiger partial charge in [-0.25, -0.2) is 0 Å². The van der Waals surface area contributed by atoms with Crippen LogP contribution >= 0.6 is 32.9 Å². The van der Waals surface area contributed by atoms with E-state index in [1.165, 1.54) is 20.7 Å². The predicted octanol–water partition coefficient (Wildman–Crippen LogP) is 2.33. The minimum atomic E-state index is 0.656. The third kappa shape index (κ3) is 2.00. The minimum Gasteiger partial charge on any atom is -0.470 e. The van der Waals surface area contributed by atoms with Gasteiger partial charge in [0.2, 0.25) is 0 Å². The van der Waals surface area contributed by atoms with Crippen LogP contribution in [0, 0.1) is 3.95 Å². The van der Waals surface area contributed by atoms with E-state index < -0.39 is 0 Å². The highest BCUT2D eigenvalue weighted by molar-refractivity contribution is 7.79. The summed E-state index contributed by atoms with van der Waals surface area (Å²) in [4.78, 5) is 3.93. The fraction of sp³-hybridized carbons (Fsp3) is 0.500. The molecule has 5 heteroatoms. The summed E-state index contributed by atoms with van der Waals surface area (Å²) in [6, 6.07) is 0. The lowest BCUT2D eigenvalue weighted by Gasteiger charge is -1.90. The molecule has 1 aromatic heterocycles. The number of hydrogen-bond acceptors (Lipinski definition) is 5. The van der Waals surface area contributed by atoms with Crippen molar-refractivity contribution in [3.05, 3.63) is 3.95 Å². The molecule has 0 aliphatic heterocycles. The van der Waals surface area contributed by atoms with Gasteiger partial charge < -0.3 is 4.74 Å². The van der Waals surface area contributed by atoms with Gasteiger partial charge in [0.05, 0.1) is 6.61 Å². The zero-order chi connectivity index (χ0) is 6.69. The first-order chi connectivity index (χ1) is 4.33. The molecule has 50 valence electrons. The topological polar surface area (TPSA) is 22.1 Å². The molecule has 1 heterocycles. The molecule has 0 amide bonds. The summed E-state index contributed by atoms with van der Waals surface area (Å²) in [5.41, 5.74) is 0. The van der Waals surface area contributed by atoms with Crippen LogP contribution in [-0.2, 0) is 0 Å². The van der Waals surface area contributed by atoms with Crippen molar-refractivity contribution < 1.29 is 4.74 Å². The normalized spacial score (nSPS) is 9.44. The van der Waals surface area contributed by atoms with Gasteiger partial charge in [-0.3, -0.25) is 0 Å². The lowest BCUT2D eigenvalue weighted by molar-refractivity contribution is 0.338. The average Bonchev–Trinajstić information content (AvgIpc) is 2.17. The maximum atomic E-state index is 5.08. The van der Waals surface area contributed by atoms with Crippen LogP contribution in [-0.4, -0.2) is 11.6 Å². The summed E-state index contributed by atoms with van der Waals surface area (Å²) < 4.78 is 5.73. The first-order valence-electron chi connectivity index (χ1n) is 2.43. The van der Waals surface area contributed by atoms with E-state index in [1.54, 1.807) is 0 Å². The molecular formula is C4H5NOS3. The van der Waals surface area contributed by atoms with Gasteiger partial charge in [-0.05, 0) is 39.8 Å². The SMILES string of the molecule is CCOc1nc(=S)ss1. The molecule has 0 saturated carbocycles. The molecule has 0 atom stereocenters. The van der Waals surface area contributed by atoms with Crippen LogP contribution in [0.15, 0.2) is 0 Å². The number of hydrogen-bond donors (Lipinski definition) is 0. The van der Waals surface area contributed by atoms with Crippen LogP contribution in [0.5, 0.6) is 5.19 Å². The molecule has 0 bridgehead atoms. The summed E-state index contributed by atoms with van der Waals surface area (Å²) >= 11 is 4.78. The first-order valence-corrected chi connectivity index (χ1v) is 4.98. The highest BCUT2D eigenvalue weighted by atomic mass is 32.9. The average molecular weight is 179 g/mol. The molecule has 0 saturated heterocycles. The van der Waals surface area contributed by atoms with E-state index in [0.29, 0.717) is 15.8 Å². The van der Waals surface area contributed by atoms with Crippen molar-refractivity contribution in [2.24, 2.45) is 0 Å². The van der Waals surface area contributed by atoms with Crippen molar-refractivity contribution in [2.75, 3.05) is 6.61 Å². The Hall–Kier alpha value is -0.0000000000000000555. The number of aromatic nitrogens is 1. The first kappa shape index (κ1) is 7.11. The second-order valence-corrected chi connectivity index (χ2v) is 3.96. The highest BCUT2D eigenvalue weighted by Gasteiger charge is 1.94. The predicted molar refractivity (Wildman–Crippen MR) is 42.0 cm³/mol. The van der Waals surface area contributed by atoms with Crippen molar-refractivity contribution in [3.8, 4) is 5.19 Å². The van der Waals surface area contributed by atoms with E-state index in [4.69, 9.17) is 17.0 Å². The summed E-state index contributed by atoms with van der Waals surface area (Å²) in [7, 11) is 2.94. The summed E-state index contributed by atoms with van der Waals surface area (Å²) in [6.45, 7) is 2.59. The molecule has 1 rings (SSSR count). The molecule has 1 aromatic rings. The maximum Gasteiger partial charge on any atom is 0.285 e. The van der Waals surface area contributed by atoms with Crippen LogP contribution < -0.4 is 4.74 Å². The van der Waals surface area contributed by atoms with Crippen molar-refractivity contribution in [1.29, 1.82) is 0 Å². The van der Waals surface area contributed by atoms with Gasteiger partial charge in [0, 0.05) is 0 Å². The largest absolute Gasteiger partial charge is 0.470 e. The van der Waals surface area contributed by atoms with Gasteiger partial charge >= 0.3 is 0 Å². The third-order valence-corrected chi connectivity index (χ3v) is 3.11. The van der Waals surface area contributed by atoms with Gasteiger partial charge in [0.25, 0.3) is 5.19 Å². The zero-order valence-electron chi connectivity index (χ0n) is 4.79. The quantitative estimate of drug-likeness (QED) is 0.514. The van der Waals surface area contributed by atoms with Crippen molar-refractivity contribution in [1.82, 2.24) is 4.98 Å². The van der Waals surface area contributed by atoms with Crippen LogP contribution in [0.2, 0.25) is 0 Å². The van der Waals surface area contributed by atoms with Crippen LogP contribution in [0.3, 0.4) is 0 Å². The van der Waals surface area contributed by atoms with Crippen LogP contribution in [0.4, 0.5) is 0 Å². The Labute approximate surface area is 65.5 Å². The van der Waals surface area contributed by atoms with Gasteiger partial charge in [0.1, 0.15) is 0 Å². The molecule has 0 aliphatic rings. The van der Waals surface area contributed by atoms with E-state index in [2.05, 4.69) is 4.98 Å². The van der Waals surface area contributed by atoms with Gasteiger partial charge in [-0.15, -0.1) is 0 Å². The molecule has 0 aliphatic carbocycles. The Bertz CT molecular complexity index is 228. The van der Waals surface area contributed by atoms with Gasteiger partial charge in [-0.1, -0.05) is 0 Å². The van der Waals surface area contributed by atoms with E-state index in [0.717, 1.165) is 0 Å². The molecule has 0 fully saturated rings. The van der Waals surface area contributed by atoms with E-state index in [9.17, 15) is 0 Å². The summed E-state index contributed by atoms with van der Waals surface area (Å²) in [6.07, 6.45) is 0. The Balaban J connectivity index is 2.73. The number of rotatable bonds is 2.